The maximum atomic E-state index is 12.8. The summed E-state index contributed by atoms with van der Waals surface area (Å²) >= 11 is 0. The van der Waals surface area contributed by atoms with Gasteiger partial charge in [-0.3, -0.25) is 9.59 Å². The number of carboxylic acids is 1. The number of hydrogen-bond acceptors (Lipinski definition) is 7. The van der Waals surface area contributed by atoms with Gasteiger partial charge >= 0.3 is 11.9 Å². The van der Waals surface area contributed by atoms with Crippen LogP contribution in [0.5, 0.6) is 0 Å². The average molecular weight is 874 g/mol. The Morgan fingerprint density at radius 3 is 1.24 bits per heavy atom. The number of aliphatic carboxylic acids is 1. The van der Waals surface area contributed by atoms with Gasteiger partial charge in [0.1, 0.15) is 12.6 Å². The first-order valence-electron chi connectivity index (χ1n) is 24.1. The molecule has 0 aliphatic rings. The van der Waals surface area contributed by atoms with Crippen LogP contribution >= 0.6 is 0 Å². The topological polar surface area (TPSA) is 102 Å². The molecule has 63 heavy (non-hydrogen) atoms. The number of quaternary nitrogens is 1. The number of ether oxygens (including phenoxy) is 3. The van der Waals surface area contributed by atoms with Crippen LogP contribution < -0.4 is 5.11 Å². The van der Waals surface area contributed by atoms with Gasteiger partial charge in [-0.2, -0.15) is 0 Å². The molecule has 0 saturated heterocycles. The molecule has 0 fully saturated rings. The third-order valence-corrected chi connectivity index (χ3v) is 9.84. The fourth-order valence-electron chi connectivity index (χ4n) is 6.18. The number of allylic oxidation sites excluding steroid dienone is 20. The molecule has 8 nitrogen and oxygen atoms in total. The minimum Gasteiger partial charge on any atom is -0.544 e. The van der Waals surface area contributed by atoms with Crippen molar-refractivity contribution >= 4 is 17.9 Å². The number of likely N-dealkylation sites (N-methyl/N-ethyl adjacent to an activating group) is 1. The van der Waals surface area contributed by atoms with E-state index in [4.69, 9.17) is 14.2 Å². The van der Waals surface area contributed by atoms with Gasteiger partial charge in [0.05, 0.1) is 40.3 Å². The van der Waals surface area contributed by atoms with Crippen molar-refractivity contribution in [1.82, 2.24) is 0 Å². The van der Waals surface area contributed by atoms with E-state index >= 15 is 0 Å². The highest BCUT2D eigenvalue weighted by atomic mass is 16.6. The van der Waals surface area contributed by atoms with Gasteiger partial charge in [-0.25, -0.2) is 0 Å². The van der Waals surface area contributed by atoms with E-state index in [1.807, 2.05) is 0 Å². The zero-order valence-electron chi connectivity index (χ0n) is 40.2. The minimum atomic E-state index is -1.14. The van der Waals surface area contributed by atoms with Gasteiger partial charge in [-0.15, -0.1) is 0 Å². The average Bonchev–Trinajstić information content (AvgIpc) is 3.24. The first kappa shape index (κ1) is 58.7. The summed E-state index contributed by atoms with van der Waals surface area (Å²) in [7, 11) is 5.38. The molecule has 2 atom stereocenters. The molecular formula is C55H87NO7. The first-order valence-corrected chi connectivity index (χ1v) is 24.1. The Hall–Kier alpha value is -4.27. The maximum Gasteiger partial charge on any atom is 0.306 e. The lowest BCUT2D eigenvalue weighted by Crippen LogP contribution is -2.55. The van der Waals surface area contributed by atoms with Crippen LogP contribution in [0, 0.1) is 0 Å². The van der Waals surface area contributed by atoms with Crippen molar-refractivity contribution < 1.29 is 38.2 Å². The van der Waals surface area contributed by atoms with Crippen LogP contribution in [-0.4, -0.2) is 75.5 Å². The Bertz CT molecular complexity index is 1440. The second kappa shape index (κ2) is 44.3. The molecule has 8 heteroatoms. The van der Waals surface area contributed by atoms with Crippen molar-refractivity contribution in [3.8, 4) is 0 Å². The van der Waals surface area contributed by atoms with Crippen molar-refractivity contribution in [2.24, 2.45) is 0 Å². The molecule has 0 saturated carbocycles. The number of hydrogen-bond donors (Lipinski definition) is 0. The van der Waals surface area contributed by atoms with E-state index in [0.717, 1.165) is 116 Å². The zero-order chi connectivity index (χ0) is 46.3. The second-order valence-electron chi connectivity index (χ2n) is 16.6. The molecule has 0 aliphatic heterocycles. The lowest BCUT2D eigenvalue weighted by molar-refractivity contribution is -0.889. The molecule has 354 valence electrons. The number of carbonyl (C=O) groups excluding carboxylic acids is 3. The highest BCUT2D eigenvalue weighted by molar-refractivity contribution is 5.70. The number of carboxylic acid groups (broad SMARTS) is 1. The van der Waals surface area contributed by atoms with Gasteiger partial charge in [0.25, 0.3) is 0 Å². The van der Waals surface area contributed by atoms with Crippen LogP contribution in [0.25, 0.3) is 0 Å². The van der Waals surface area contributed by atoms with Crippen LogP contribution in [0.2, 0.25) is 0 Å². The van der Waals surface area contributed by atoms with Crippen molar-refractivity contribution in [2.75, 3.05) is 41.0 Å². The summed E-state index contributed by atoms with van der Waals surface area (Å²) in [4.78, 5) is 37.0. The number of esters is 2. The van der Waals surface area contributed by atoms with E-state index < -0.39 is 18.1 Å². The molecule has 0 N–H and O–H groups in total. The SMILES string of the molecule is CC/C=C/C/C=C/C/C=C/C/C=C/C/C=C/CCCCCCC(=O)OCC(COCCC(C(=O)[O-])[N+](C)(C)C)OC(=O)CCCCC/C=C/C/C=C/C/C=C/C/C=C/C/C=C/CC. The molecule has 0 rings (SSSR count). The van der Waals surface area contributed by atoms with E-state index in [9.17, 15) is 19.5 Å². The summed E-state index contributed by atoms with van der Waals surface area (Å²) in [5, 5.41) is 11.7. The molecule has 0 aromatic rings. The maximum absolute atomic E-state index is 12.8. The summed E-state index contributed by atoms with van der Waals surface area (Å²) in [5.41, 5.74) is 0. The predicted octanol–water partition coefficient (Wildman–Crippen LogP) is 12.5. The Kier molecular flexibility index (Phi) is 41.3. The Morgan fingerprint density at radius 1 is 0.476 bits per heavy atom. The summed E-state index contributed by atoms with van der Waals surface area (Å²) in [5.74, 6) is -1.83. The molecule has 0 spiro atoms. The highest BCUT2D eigenvalue weighted by Gasteiger charge is 2.25. The molecule has 0 aromatic carbocycles. The molecule has 0 bridgehead atoms. The molecule has 2 unspecified atom stereocenters. The summed E-state index contributed by atoms with van der Waals surface area (Å²) < 4.78 is 17.1. The van der Waals surface area contributed by atoms with Crippen molar-refractivity contribution in [2.45, 2.75) is 167 Å². The fraction of sp³-hybridized carbons (Fsp3) is 0.582. The Labute approximate surface area is 384 Å². The molecular weight excluding hydrogens is 787 g/mol. The lowest BCUT2D eigenvalue weighted by atomic mass is 10.1. The zero-order valence-corrected chi connectivity index (χ0v) is 40.2. The summed E-state index contributed by atoms with van der Waals surface area (Å²) in [6.07, 6.45) is 62.2. The van der Waals surface area contributed by atoms with E-state index in [1.165, 1.54) is 0 Å². The van der Waals surface area contributed by atoms with Gasteiger partial charge in [0.15, 0.2) is 6.10 Å². The number of nitrogens with zero attached hydrogens (tertiary/aromatic N) is 1. The predicted molar refractivity (Wildman–Crippen MR) is 263 cm³/mol. The Balaban J connectivity index is 4.44. The standard InChI is InChI=1S/C55H87NO7/c1-6-8-10-12-14-16-18-20-22-24-26-28-29-31-33-35-37-39-41-43-45-53(57)62-50-51(49-61-48-47-52(55(59)60)56(3,4)5)63-54(58)46-44-42-40-38-36-34-32-30-27-25-23-21-19-17-15-13-11-9-7-2/h8-11,14-17,20-23,26-28,30-31,33-34,36,51-52H,6-7,12-13,18-19,24-25,29,32,35,37-50H2,1-5H3/b10-8+,11-9+,16-14+,17-15+,22-20+,23-21+,28-26+,30-27+,33-31+,36-34+. The molecule has 0 amide bonds. The number of rotatable bonds is 41. The van der Waals surface area contributed by atoms with E-state index in [2.05, 4.69) is 135 Å². The number of carbonyl (C=O) groups is 3. The van der Waals surface area contributed by atoms with Gasteiger partial charge < -0.3 is 28.6 Å². The largest absolute Gasteiger partial charge is 0.544 e. The molecule has 0 radical (unpaired) electrons. The monoisotopic (exact) mass is 874 g/mol. The number of unbranched alkanes of at least 4 members (excludes halogenated alkanes) is 7. The summed E-state index contributed by atoms with van der Waals surface area (Å²) in [6, 6.07) is -0.745. The molecule has 0 aliphatic carbocycles. The van der Waals surface area contributed by atoms with Gasteiger partial charge in [0.2, 0.25) is 0 Å². The van der Waals surface area contributed by atoms with Crippen LogP contribution in [0.4, 0.5) is 0 Å². The molecule has 0 aromatic heterocycles. The van der Waals surface area contributed by atoms with E-state index in [-0.39, 0.29) is 49.1 Å². The lowest BCUT2D eigenvalue weighted by Gasteiger charge is -2.34. The highest BCUT2D eigenvalue weighted by Crippen LogP contribution is 2.12. The van der Waals surface area contributed by atoms with Crippen LogP contribution in [0.15, 0.2) is 122 Å². The van der Waals surface area contributed by atoms with Gasteiger partial charge in [0, 0.05) is 19.3 Å². The van der Waals surface area contributed by atoms with Gasteiger partial charge in [-0.1, -0.05) is 155 Å². The van der Waals surface area contributed by atoms with E-state index in [1.54, 1.807) is 21.1 Å². The quantitative estimate of drug-likeness (QED) is 0.0261. The molecule has 0 heterocycles. The van der Waals surface area contributed by atoms with Crippen molar-refractivity contribution in [3.05, 3.63) is 122 Å². The van der Waals surface area contributed by atoms with Gasteiger partial charge in [-0.05, 0) is 103 Å². The normalized spacial score (nSPS) is 14.0. The first-order chi connectivity index (χ1) is 30.6. The Morgan fingerprint density at radius 2 is 0.841 bits per heavy atom. The van der Waals surface area contributed by atoms with E-state index in [0.29, 0.717) is 12.8 Å². The third kappa shape index (κ3) is 42.8. The third-order valence-electron chi connectivity index (χ3n) is 9.84. The van der Waals surface area contributed by atoms with Crippen LogP contribution in [0.1, 0.15) is 155 Å². The fourth-order valence-corrected chi connectivity index (χ4v) is 6.18. The van der Waals surface area contributed by atoms with Crippen molar-refractivity contribution in [3.63, 3.8) is 0 Å². The second-order valence-corrected chi connectivity index (χ2v) is 16.6. The van der Waals surface area contributed by atoms with Crippen molar-refractivity contribution in [1.29, 1.82) is 0 Å². The van der Waals surface area contributed by atoms with Crippen LogP contribution in [0.3, 0.4) is 0 Å². The summed E-state index contributed by atoms with van der Waals surface area (Å²) in [6.45, 7) is 4.35. The van der Waals surface area contributed by atoms with Crippen LogP contribution in [-0.2, 0) is 28.6 Å². The minimum absolute atomic E-state index is 0.00972. The smallest absolute Gasteiger partial charge is 0.306 e.